The second-order valence-electron chi connectivity index (χ2n) is 3.46. The number of carbonyl (C=O) groups is 1. The highest BCUT2D eigenvalue weighted by molar-refractivity contribution is 5.89. The number of rotatable bonds is 5. The maximum Gasteiger partial charge on any atom is 0.336 e. The molecule has 0 aliphatic heterocycles. The van der Waals surface area contributed by atoms with Gasteiger partial charge in [0.15, 0.2) is 0 Å². The fourth-order valence-corrected chi connectivity index (χ4v) is 1.41. The molecule has 0 aliphatic carbocycles. The average molecular weight is 251 g/mol. The molecule has 0 aliphatic rings. The molecule has 0 radical (unpaired) electrons. The molecule has 1 atom stereocenters. The zero-order valence-corrected chi connectivity index (χ0v) is 9.83. The van der Waals surface area contributed by atoms with Crippen LogP contribution < -0.4 is 0 Å². The Morgan fingerprint density at radius 3 is 2.72 bits per heavy atom. The molecule has 0 unspecified atom stereocenters. The van der Waals surface area contributed by atoms with Gasteiger partial charge in [0.1, 0.15) is 6.10 Å². The molecule has 0 heterocycles. The summed E-state index contributed by atoms with van der Waals surface area (Å²) in [6.45, 7) is 5.16. The lowest BCUT2D eigenvalue weighted by molar-refractivity contribution is -0.386. The van der Waals surface area contributed by atoms with Gasteiger partial charge in [-0.15, -0.1) is 0 Å². The van der Waals surface area contributed by atoms with E-state index in [1.54, 1.807) is 6.92 Å². The number of aliphatic hydroxyl groups excluding tert-OH is 1. The highest BCUT2D eigenvalue weighted by Gasteiger charge is 2.25. The number of esters is 1. The number of para-hydroxylation sites is 1. The minimum Gasteiger partial charge on any atom is -0.463 e. The van der Waals surface area contributed by atoms with Crippen LogP contribution in [0.5, 0.6) is 0 Å². The van der Waals surface area contributed by atoms with Crippen molar-refractivity contribution in [1.29, 1.82) is 0 Å². The summed E-state index contributed by atoms with van der Waals surface area (Å²) in [6.07, 6.45) is -1.45. The van der Waals surface area contributed by atoms with Crippen molar-refractivity contribution in [2.24, 2.45) is 0 Å². The van der Waals surface area contributed by atoms with Gasteiger partial charge in [-0.05, 0) is 13.0 Å². The molecule has 6 nitrogen and oxygen atoms in total. The highest BCUT2D eigenvalue weighted by Crippen LogP contribution is 2.29. The van der Waals surface area contributed by atoms with E-state index in [1.165, 1.54) is 24.3 Å². The van der Waals surface area contributed by atoms with E-state index in [0.29, 0.717) is 0 Å². The maximum absolute atomic E-state index is 11.4. The maximum atomic E-state index is 11.4. The van der Waals surface area contributed by atoms with Crippen molar-refractivity contribution < 1.29 is 19.6 Å². The Bertz CT molecular complexity index is 483. The molecule has 0 bridgehead atoms. The smallest absolute Gasteiger partial charge is 0.336 e. The Hall–Kier alpha value is -2.21. The lowest BCUT2D eigenvalue weighted by Crippen LogP contribution is -2.14. The Kier molecular flexibility index (Phi) is 4.56. The van der Waals surface area contributed by atoms with Crippen LogP contribution in [0.25, 0.3) is 0 Å². The van der Waals surface area contributed by atoms with Gasteiger partial charge in [0.05, 0.1) is 22.7 Å². The van der Waals surface area contributed by atoms with Crippen molar-refractivity contribution in [3.63, 3.8) is 0 Å². The van der Waals surface area contributed by atoms with E-state index in [0.717, 1.165) is 0 Å². The average Bonchev–Trinajstić information content (AvgIpc) is 2.37. The molecule has 0 saturated heterocycles. The van der Waals surface area contributed by atoms with Crippen molar-refractivity contribution in [3.05, 3.63) is 52.1 Å². The quantitative estimate of drug-likeness (QED) is 0.372. The van der Waals surface area contributed by atoms with Gasteiger partial charge in [-0.25, -0.2) is 4.79 Å². The van der Waals surface area contributed by atoms with Gasteiger partial charge in [0, 0.05) is 6.07 Å². The second-order valence-corrected chi connectivity index (χ2v) is 3.46. The van der Waals surface area contributed by atoms with E-state index < -0.39 is 17.0 Å². The molecule has 1 N–H and O–H groups in total. The highest BCUT2D eigenvalue weighted by atomic mass is 16.6. The Labute approximate surface area is 104 Å². The van der Waals surface area contributed by atoms with Crippen molar-refractivity contribution in [3.8, 4) is 0 Å². The second kappa shape index (κ2) is 5.92. The Balaban J connectivity index is 3.04. The van der Waals surface area contributed by atoms with Gasteiger partial charge in [-0.3, -0.25) is 10.1 Å². The van der Waals surface area contributed by atoms with Crippen molar-refractivity contribution >= 4 is 11.7 Å². The number of hydrogen-bond acceptors (Lipinski definition) is 5. The zero-order valence-electron chi connectivity index (χ0n) is 9.83. The third kappa shape index (κ3) is 2.92. The molecule has 96 valence electrons. The van der Waals surface area contributed by atoms with Gasteiger partial charge >= 0.3 is 5.97 Å². The molecule has 0 saturated carbocycles. The molecule has 1 aromatic carbocycles. The third-order valence-corrected chi connectivity index (χ3v) is 2.30. The number of ether oxygens (including phenoxy) is 1. The largest absolute Gasteiger partial charge is 0.463 e. The van der Waals surface area contributed by atoms with Crippen LogP contribution in [0.1, 0.15) is 18.6 Å². The molecule has 1 aromatic rings. The predicted molar refractivity (Wildman–Crippen MR) is 63.8 cm³/mol. The van der Waals surface area contributed by atoms with Gasteiger partial charge in [-0.1, -0.05) is 18.7 Å². The summed E-state index contributed by atoms with van der Waals surface area (Å²) in [4.78, 5) is 21.6. The first-order valence-corrected chi connectivity index (χ1v) is 5.26. The van der Waals surface area contributed by atoms with Crippen molar-refractivity contribution in [2.45, 2.75) is 13.0 Å². The minimum absolute atomic E-state index is 0.0144. The summed E-state index contributed by atoms with van der Waals surface area (Å²) in [7, 11) is 0. The Morgan fingerprint density at radius 1 is 1.56 bits per heavy atom. The number of hydrogen-bond donors (Lipinski definition) is 1. The van der Waals surface area contributed by atoms with Crippen LogP contribution in [-0.4, -0.2) is 22.6 Å². The first-order chi connectivity index (χ1) is 8.49. The van der Waals surface area contributed by atoms with Crippen LogP contribution in [0.3, 0.4) is 0 Å². The van der Waals surface area contributed by atoms with Gasteiger partial charge < -0.3 is 9.84 Å². The van der Waals surface area contributed by atoms with Crippen LogP contribution in [0.2, 0.25) is 0 Å². The molecular formula is C12H13NO5. The van der Waals surface area contributed by atoms with Crippen LogP contribution in [0.15, 0.2) is 36.4 Å². The summed E-state index contributed by atoms with van der Waals surface area (Å²) in [6, 6.07) is 5.62. The monoisotopic (exact) mass is 251 g/mol. The number of benzene rings is 1. The summed E-state index contributed by atoms with van der Waals surface area (Å²) in [5.74, 6) is -0.775. The minimum atomic E-state index is -1.45. The molecule has 1 rings (SSSR count). The summed E-state index contributed by atoms with van der Waals surface area (Å²) in [5.41, 5.74) is -0.484. The van der Waals surface area contributed by atoms with Crippen molar-refractivity contribution in [2.75, 3.05) is 6.61 Å². The SMILES string of the molecule is C=C(C(=O)OCC)[C@@H](O)c1ccccc1[N+](=O)[O-]. The van der Waals surface area contributed by atoms with Crippen LogP contribution in [0, 0.1) is 10.1 Å². The molecule has 6 heteroatoms. The molecule has 0 amide bonds. The normalized spacial score (nSPS) is 11.7. The van der Waals surface area contributed by atoms with E-state index >= 15 is 0 Å². The Morgan fingerprint density at radius 2 is 2.17 bits per heavy atom. The van der Waals surface area contributed by atoms with E-state index in [1.807, 2.05) is 0 Å². The lowest BCUT2D eigenvalue weighted by Gasteiger charge is -2.13. The van der Waals surface area contributed by atoms with Crippen LogP contribution in [0.4, 0.5) is 5.69 Å². The van der Waals surface area contributed by atoms with E-state index in [2.05, 4.69) is 11.3 Å². The molecule has 0 aromatic heterocycles. The molecule has 18 heavy (non-hydrogen) atoms. The fraction of sp³-hybridized carbons (Fsp3) is 0.250. The summed E-state index contributed by atoms with van der Waals surface area (Å²) in [5, 5.41) is 20.7. The molecular weight excluding hydrogens is 238 g/mol. The van der Waals surface area contributed by atoms with Gasteiger partial charge in [-0.2, -0.15) is 0 Å². The van der Waals surface area contributed by atoms with E-state index in [4.69, 9.17) is 0 Å². The van der Waals surface area contributed by atoms with Crippen molar-refractivity contribution in [1.82, 2.24) is 0 Å². The van der Waals surface area contributed by atoms with Crippen LogP contribution >= 0.6 is 0 Å². The number of carbonyl (C=O) groups excluding carboxylic acids is 1. The van der Waals surface area contributed by atoms with E-state index in [9.17, 15) is 20.0 Å². The summed E-state index contributed by atoms with van der Waals surface area (Å²) >= 11 is 0. The summed E-state index contributed by atoms with van der Waals surface area (Å²) < 4.78 is 4.68. The topological polar surface area (TPSA) is 89.7 Å². The van der Waals surface area contributed by atoms with Gasteiger partial charge in [0.25, 0.3) is 5.69 Å². The first kappa shape index (κ1) is 13.9. The fourth-order valence-electron chi connectivity index (χ4n) is 1.41. The number of nitro benzene ring substituents is 1. The number of aliphatic hydroxyl groups is 1. The predicted octanol–water partition coefficient (Wildman–Crippen LogP) is 1.75. The standard InChI is InChI=1S/C12H13NO5/c1-3-18-12(15)8(2)11(14)9-6-4-5-7-10(9)13(16)17/h4-7,11,14H,2-3H2,1H3/t11-/m1/s1. The van der Waals surface area contributed by atoms with Gasteiger partial charge in [0.2, 0.25) is 0 Å². The number of nitro groups is 1. The third-order valence-electron chi connectivity index (χ3n) is 2.30. The first-order valence-electron chi connectivity index (χ1n) is 5.26. The molecule has 0 spiro atoms. The number of nitrogens with zero attached hydrogens (tertiary/aromatic N) is 1. The zero-order chi connectivity index (χ0) is 13.7. The molecule has 0 fully saturated rings. The van der Waals surface area contributed by atoms with Crippen LogP contribution in [-0.2, 0) is 9.53 Å². The lowest BCUT2D eigenvalue weighted by atomic mass is 10.0. The van der Waals surface area contributed by atoms with E-state index in [-0.39, 0.29) is 23.4 Å².